The maximum Gasteiger partial charge on any atom is 0.574 e. The second kappa shape index (κ2) is 4.58. The molecule has 1 heterocycles. The lowest BCUT2D eigenvalue weighted by Crippen LogP contribution is -2.19. The Labute approximate surface area is 93.8 Å². The number of nitrogens with two attached hydrogens (primary N) is 1. The van der Waals surface area contributed by atoms with Gasteiger partial charge in [0.2, 0.25) is 5.88 Å². The zero-order valence-electron chi connectivity index (χ0n) is 8.25. The third-order valence-corrected chi connectivity index (χ3v) is 1.69. The molecule has 1 aromatic heterocycles. The minimum Gasteiger partial charge on any atom is -0.387 e. The lowest BCUT2D eigenvalue weighted by atomic mass is 10.1. The molecule has 0 aliphatic heterocycles. The molecular weight excluding hydrogens is 237 g/mol. The number of anilines is 1. The number of alkyl halides is 3. The van der Waals surface area contributed by atoms with Crippen LogP contribution in [0.25, 0.3) is 0 Å². The van der Waals surface area contributed by atoms with E-state index in [0.29, 0.717) is 0 Å². The van der Waals surface area contributed by atoms with E-state index < -0.39 is 12.2 Å². The first kappa shape index (κ1) is 12.6. The minimum absolute atomic E-state index is 0.107. The quantitative estimate of drug-likeness (QED) is 0.847. The molecule has 8 heteroatoms. The van der Waals surface area contributed by atoms with Crippen LogP contribution in [0.15, 0.2) is 6.07 Å². The smallest absolute Gasteiger partial charge is 0.387 e. The van der Waals surface area contributed by atoms with Gasteiger partial charge in [0, 0.05) is 5.56 Å². The van der Waals surface area contributed by atoms with Gasteiger partial charge >= 0.3 is 6.36 Å². The molecule has 0 spiro atoms. The number of ether oxygens (including phenoxy) is 1. The molecule has 0 aliphatic carbocycles. The molecular formula is C9H5F3N4O. The molecule has 0 unspecified atom stereocenters. The Morgan fingerprint density at radius 2 is 2.06 bits per heavy atom. The molecule has 88 valence electrons. The van der Waals surface area contributed by atoms with Crippen LogP contribution >= 0.6 is 0 Å². The van der Waals surface area contributed by atoms with Crippen molar-refractivity contribution >= 4 is 5.82 Å². The summed E-state index contributed by atoms with van der Waals surface area (Å²) in [5.74, 6) is -1.19. The van der Waals surface area contributed by atoms with E-state index in [9.17, 15) is 13.2 Å². The van der Waals surface area contributed by atoms with E-state index in [-0.39, 0.29) is 23.4 Å². The fourth-order valence-electron chi connectivity index (χ4n) is 1.05. The van der Waals surface area contributed by atoms with Crippen molar-refractivity contribution in [2.75, 3.05) is 5.73 Å². The van der Waals surface area contributed by atoms with Gasteiger partial charge in [-0.2, -0.15) is 15.5 Å². The monoisotopic (exact) mass is 242 g/mol. The summed E-state index contributed by atoms with van der Waals surface area (Å²) in [6.45, 7) is 0. The standard InChI is InChI=1S/C9H5F3N4O/c10-9(11,12)17-8-5(1-2-13)3-6(4-14)7(15)16-8/h3H,1H2,(H2,15,16). The Morgan fingerprint density at radius 3 is 2.53 bits per heavy atom. The van der Waals surface area contributed by atoms with Crippen LogP contribution in [0.1, 0.15) is 11.1 Å². The number of hydrogen-bond donors (Lipinski definition) is 1. The van der Waals surface area contributed by atoms with E-state index in [1.807, 2.05) is 0 Å². The van der Waals surface area contributed by atoms with Gasteiger partial charge in [0.1, 0.15) is 11.9 Å². The molecule has 5 nitrogen and oxygen atoms in total. The van der Waals surface area contributed by atoms with Crippen LogP contribution in [0.4, 0.5) is 19.0 Å². The highest BCUT2D eigenvalue weighted by Crippen LogP contribution is 2.27. The average Bonchev–Trinajstić information content (AvgIpc) is 2.20. The first-order valence-electron chi connectivity index (χ1n) is 4.19. The van der Waals surface area contributed by atoms with E-state index in [1.54, 1.807) is 12.1 Å². The summed E-state index contributed by atoms with van der Waals surface area (Å²) in [5, 5.41) is 17.1. The molecule has 0 bridgehead atoms. The number of nitriles is 2. The van der Waals surface area contributed by atoms with Gasteiger partial charge in [-0.1, -0.05) is 0 Å². The van der Waals surface area contributed by atoms with E-state index in [1.165, 1.54) is 0 Å². The highest BCUT2D eigenvalue weighted by atomic mass is 19.4. The molecule has 0 saturated heterocycles. The molecule has 17 heavy (non-hydrogen) atoms. The molecule has 0 radical (unpaired) electrons. The number of nitrogen functional groups attached to an aromatic ring is 1. The Hall–Kier alpha value is -2.48. The highest BCUT2D eigenvalue weighted by molar-refractivity contribution is 5.53. The Balaban J connectivity index is 3.25. The SMILES string of the molecule is N#CCc1cc(C#N)c(N)nc1OC(F)(F)F. The van der Waals surface area contributed by atoms with E-state index in [2.05, 4.69) is 9.72 Å². The van der Waals surface area contributed by atoms with Crippen molar-refractivity contribution in [2.24, 2.45) is 0 Å². The maximum absolute atomic E-state index is 12.0. The lowest BCUT2D eigenvalue weighted by Gasteiger charge is -2.11. The van der Waals surface area contributed by atoms with Crippen LogP contribution in [-0.4, -0.2) is 11.3 Å². The number of rotatable bonds is 2. The molecule has 1 aromatic rings. The normalized spacial score (nSPS) is 10.4. The molecule has 0 aromatic carbocycles. The molecule has 1 rings (SSSR count). The molecule has 0 atom stereocenters. The van der Waals surface area contributed by atoms with Crippen LogP contribution < -0.4 is 10.5 Å². The molecule has 0 fully saturated rings. The topological polar surface area (TPSA) is 95.7 Å². The van der Waals surface area contributed by atoms with Crippen molar-refractivity contribution in [3.63, 3.8) is 0 Å². The van der Waals surface area contributed by atoms with Crippen LogP contribution in [0.3, 0.4) is 0 Å². The second-order valence-electron chi connectivity index (χ2n) is 2.88. The Kier molecular flexibility index (Phi) is 3.39. The molecule has 0 amide bonds. The molecule has 0 saturated carbocycles. The molecule has 2 N–H and O–H groups in total. The maximum atomic E-state index is 12.0. The summed E-state index contributed by atoms with van der Waals surface area (Å²) in [7, 11) is 0. The Bertz CT molecular complexity index is 513. The van der Waals surface area contributed by atoms with Gasteiger partial charge in [0.25, 0.3) is 0 Å². The van der Waals surface area contributed by atoms with Gasteiger partial charge < -0.3 is 10.5 Å². The number of aromatic nitrogens is 1. The summed E-state index contributed by atoms with van der Waals surface area (Å²) >= 11 is 0. The average molecular weight is 242 g/mol. The fraction of sp³-hybridized carbons (Fsp3) is 0.222. The van der Waals surface area contributed by atoms with Crippen molar-refractivity contribution in [1.29, 1.82) is 10.5 Å². The third-order valence-electron chi connectivity index (χ3n) is 1.69. The largest absolute Gasteiger partial charge is 0.574 e. The first-order valence-corrected chi connectivity index (χ1v) is 4.19. The van der Waals surface area contributed by atoms with Crippen LogP contribution in [0.2, 0.25) is 0 Å². The zero-order chi connectivity index (χ0) is 13.1. The predicted octanol–water partition coefficient (Wildman–Crippen LogP) is 1.50. The zero-order valence-corrected chi connectivity index (χ0v) is 8.25. The summed E-state index contributed by atoms with van der Waals surface area (Å²) < 4.78 is 39.7. The van der Waals surface area contributed by atoms with Gasteiger partial charge in [0.05, 0.1) is 18.1 Å². The molecule has 0 aliphatic rings. The van der Waals surface area contributed by atoms with Crippen molar-refractivity contribution in [2.45, 2.75) is 12.8 Å². The van der Waals surface area contributed by atoms with Crippen molar-refractivity contribution < 1.29 is 17.9 Å². The summed E-state index contributed by atoms with van der Waals surface area (Å²) in [4.78, 5) is 3.31. The predicted molar refractivity (Wildman–Crippen MR) is 49.4 cm³/mol. The Morgan fingerprint density at radius 1 is 1.41 bits per heavy atom. The van der Waals surface area contributed by atoms with E-state index >= 15 is 0 Å². The van der Waals surface area contributed by atoms with Crippen molar-refractivity contribution in [3.05, 3.63) is 17.2 Å². The van der Waals surface area contributed by atoms with E-state index in [4.69, 9.17) is 16.3 Å². The summed E-state index contributed by atoms with van der Waals surface area (Å²) in [5.41, 5.74) is 5.00. The van der Waals surface area contributed by atoms with Gasteiger partial charge in [-0.05, 0) is 6.07 Å². The first-order chi connectivity index (χ1) is 7.87. The van der Waals surface area contributed by atoms with Gasteiger partial charge in [-0.3, -0.25) is 0 Å². The van der Waals surface area contributed by atoms with Gasteiger partial charge in [-0.25, -0.2) is 0 Å². The van der Waals surface area contributed by atoms with Gasteiger partial charge in [-0.15, -0.1) is 13.2 Å². The minimum atomic E-state index is -4.93. The fourth-order valence-corrected chi connectivity index (χ4v) is 1.05. The summed E-state index contributed by atoms with van der Waals surface area (Å²) in [6.07, 6.45) is -5.30. The van der Waals surface area contributed by atoms with Crippen LogP contribution in [0, 0.1) is 22.7 Å². The van der Waals surface area contributed by atoms with Crippen LogP contribution in [0.5, 0.6) is 5.88 Å². The summed E-state index contributed by atoms with van der Waals surface area (Å²) in [6, 6.07) is 4.34. The lowest BCUT2D eigenvalue weighted by molar-refractivity contribution is -0.276. The van der Waals surface area contributed by atoms with Gasteiger partial charge in [0.15, 0.2) is 0 Å². The highest BCUT2D eigenvalue weighted by Gasteiger charge is 2.33. The second-order valence-corrected chi connectivity index (χ2v) is 2.88. The third kappa shape index (κ3) is 3.24. The number of pyridine rings is 1. The van der Waals surface area contributed by atoms with Crippen molar-refractivity contribution in [1.82, 2.24) is 4.98 Å². The van der Waals surface area contributed by atoms with Crippen LogP contribution in [-0.2, 0) is 6.42 Å². The number of nitrogens with zero attached hydrogens (tertiary/aromatic N) is 3. The van der Waals surface area contributed by atoms with Crippen molar-refractivity contribution in [3.8, 4) is 18.0 Å². The van der Waals surface area contributed by atoms with E-state index in [0.717, 1.165) is 6.07 Å². The number of hydrogen-bond acceptors (Lipinski definition) is 5. The number of halogens is 3.